The molecule has 158 valence electrons. The number of piperazine rings is 1. The van der Waals surface area contributed by atoms with E-state index in [9.17, 15) is 14.4 Å². The van der Waals surface area contributed by atoms with E-state index in [2.05, 4.69) is 10.1 Å². The van der Waals surface area contributed by atoms with Crippen molar-refractivity contribution in [3.63, 3.8) is 0 Å². The lowest BCUT2D eigenvalue weighted by atomic mass is 10.2. The molecule has 0 atom stereocenters. The Morgan fingerprint density at radius 1 is 0.900 bits per heavy atom. The lowest BCUT2D eigenvalue weighted by Gasteiger charge is -2.35. The van der Waals surface area contributed by atoms with Crippen LogP contribution in [0.4, 0.5) is 0 Å². The second kappa shape index (κ2) is 8.62. The fraction of sp³-hybridized carbons (Fsp3) is 0.450. The molecule has 0 N–H and O–H groups in total. The van der Waals surface area contributed by atoms with Gasteiger partial charge in [0.15, 0.2) is 5.82 Å². The van der Waals surface area contributed by atoms with Crippen LogP contribution in [0, 0.1) is 6.92 Å². The molecule has 2 aromatic heterocycles. The van der Waals surface area contributed by atoms with Crippen molar-refractivity contribution < 1.29 is 19.1 Å². The summed E-state index contributed by atoms with van der Waals surface area (Å²) in [5.74, 6) is -0.499. The molecule has 2 saturated heterocycles. The zero-order valence-electron chi connectivity index (χ0n) is 16.9. The Bertz CT molecular complexity index is 930. The average molecular weight is 412 g/mol. The monoisotopic (exact) mass is 412 g/mol. The summed E-state index contributed by atoms with van der Waals surface area (Å²) in [6.07, 6.45) is 3.22. The van der Waals surface area contributed by atoms with E-state index in [1.807, 2.05) is 25.1 Å². The van der Waals surface area contributed by atoms with E-state index in [-0.39, 0.29) is 5.91 Å². The van der Waals surface area contributed by atoms with Crippen LogP contribution in [0.15, 0.2) is 30.6 Å². The van der Waals surface area contributed by atoms with Gasteiger partial charge >= 0.3 is 11.8 Å². The molecule has 0 radical (unpaired) electrons. The predicted molar refractivity (Wildman–Crippen MR) is 106 cm³/mol. The summed E-state index contributed by atoms with van der Waals surface area (Å²) in [5, 5.41) is 4.30. The van der Waals surface area contributed by atoms with Crippen LogP contribution < -0.4 is 0 Å². The summed E-state index contributed by atoms with van der Waals surface area (Å²) in [7, 11) is 0. The van der Waals surface area contributed by atoms with Gasteiger partial charge in [-0.3, -0.25) is 14.4 Å². The standard InChI is InChI=1S/C20H24N6O4/c1-15-16(14-22-26(15)17-4-2-3-5-21-17)18(27)23-6-8-24(9-7-23)19(28)20(29)25-10-12-30-13-11-25/h2-5,14H,6-13H2,1H3. The van der Waals surface area contributed by atoms with Gasteiger partial charge in [0.25, 0.3) is 5.91 Å². The first-order valence-corrected chi connectivity index (χ1v) is 9.97. The number of nitrogens with zero attached hydrogens (tertiary/aromatic N) is 6. The van der Waals surface area contributed by atoms with Gasteiger partial charge in [0.2, 0.25) is 0 Å². The lowest BCUT2D eigenvalue weighted by molar-refractivity contribution is -0.154. The van der Waals surface area contributed by atoms with Crippen LogP contribution in [-0.2, 0) is 14.3 Å². The average Bonchev–Trinajstić information content (AvgIpc) is 3.20. The summed E-state index contributed by atoms with van der Waals surface area (Å²) < 4.78 is 6.86. The largest absolute Gasteiger partial charge is 0.378 e. The third-order valence-electron chi connectivity index (χ3n) is 5.44. The molecule has 0 bridgehead atoms. The molecule has 2 fully saturated rings. The molecule has 0 aromatic carbocycles. The molecule has 0 saturated carbocycles. The first-order valence-electron chi connectivity index (χ1n) is 9.97. The highest BCUT2D eigenvalue weighted by molar-refractivity contribution is 6.34. The Hall–Kier alpha value is -3.27. The van der Waals surface area contributed by atoms with Gasteiger partial charge in [0.1, 0.15) is 0 Å². The highest BCUT2D eigenvalue weighted by Crippen LogP contribution is 2.16. The lowest BCUT2D eigenvalue weighted by Crippen LogP contribution is -2.55. The van der Waals surface area contributed by atoms with Gasteiger partial charge in [-0.15, -0.1) is 0 Å². The van der Waals surface area contributed by atoms with E-state index >= 15 is 0 Å². The van der Waals surface area contributed by atoms with Crippen molar-refractivity contribution in [1.29, 1.82) is 0 Å². The van der Waals surface area contributed by atoms with E-state index in [4.69, 9.17) is 4.74 Å². The van der Waals surface area contributed by atoms with E-state index in [1.54, 1.807) is 22.0 Å². The summed E-state index contributed by atoms with van der Waals surface area (Å²) in [6.45, 7) is 4.99. The van der Waals surface area contributed by atoms with Gasteiger partial charge in [0.05, 0.1) is 30.7 Å². The molecular weight excluding hydrogens is 388 g/mol. The number of hydrogen-bond acceptors (Lipinski definition) is 6. The number of hydrogen-bond donors (Lipinski definition) is 0. The Morgan fingerprint density at radius 3 is 2.17 bits per heavy atom. The second-order valence-electron chi connectivity index (χ2n) is 7.23. The molecule has 0 aliphatic carbocycles. The van der Waals surface area contributed by atoms with Crippen molar-refractivity contribution in [3.05, 3.63) is 41.9 Å². The van der Waals surface area contributed by atoms with Crippen LogP contribution in [0.25, 0.3) is 5.82 Å². The molecule has 4 heterocycles. The fourth-order valence-electron chi connectivity index (χ4n) is 3.65. The van der Waals surface area contributed by atoms with E-state index in [0.717, 1.165) is 0 Å². The molecular formula is C20H24N6O4. The number of amides is 3. The maximum absolute atomic E-state index is 13.0. The molecule has 4 rings (SSSR count). The Morgan fingerprint density at radius 2 is 1.53 bits per heavy atom. The van der Waals surface area contributed by atoms with Crippen molar-refractivity contribution in [2.75, 3.05) is 52.5 Å². The van der Waals surface area contributed by atoms with Gasteiger partial charge in [-0.05, 0) is 19.1 Å². The second-order valence-corrected chi connectivity index (χ2v) is 7.23. The first-order chi connectivity index (χ1) is 14.6. The Labute approximate surface area is 174 Å². The molecule has 0 unspecified atom stereocenters. The van der Waals surface area contributed by atoms with Gasteiger partial charge in [0, 0.05) is 45.5 Å². The number of ether oxygens (including phenoxy) is 1. The van der Waals surface area contributed by atoms with Crippen molar-refractivity contribution in [2.45, 2.75) is 6.92 Å². The Balaban J connectivity index is 1.37. The SMILES string of the molecule is Cc1c(C(=O)N2CCN(C(=O)C(=O)N3CCOCC3)CC2)cnn1-c1ccccn1. The van der Waals surface area contributed by atoms with Crippen LogP contribution in [-0.4, -0.2) is 99.7 Å². The molecule has 10 heteroatoms. The highest BCUT2D eigenvalue weighted by Gasteiger charge is 2.32. The Kier molecular flexibility index (Phi) is 5.75. The number of carbonyl (C=O) groups excluding carboxylic acids is 3. The molecule has 30 heavy (non-hydrogen) atoms. The number of rotatable bonds is 2. The van der Waals surface area contributed by atoms with Crippen LogP contribution >= 0.6 is 0 Å². The molecule has 2 aliphatic heterocycles. The first kappa shape index (κ1) is 20.0. The van der Waals surface area contributed by atoms with E-state index in [1.165, 1.54) is 9.80 Å². The smallest absolute Gasteiger partial charge is 0.312 e. The van der Waals surface area contributed by atoms with Crippen LogP contribution in [0.2, 0.25) is 0 Å². The van der Waals surface area contributed by atoms with Gasteiger partial charge in [-0.25, -0.2) is 9.67 Å². The van der Waals surface area contributed by atoms with Gasteiger partial charge < -0.3 is 19.4 Å². The maximum atomic E-state index is 13.0. The van der Waals surface area contributed by atoms with Crippen molar-refractivity contribution in [3.8, 4) is 5.82 Å². The minimum absolute atomic E-state index is 0.138. The van der Waals surface area contributed by atoms with Crippen LogP contribution in [0.3, 0.4) is 0 Å². The fourth-order valence-corrected chi connectivity index (χ4v) is 3.65. The molecule has 10 nitrogen and oxygen atoms in total. The third kappa shape index (κ3) is 3.90. The van der Waals surface area contributed by atoms with Crippen LogP contribution in [0.1, 0.15) is 16.1 Å². The number of aromatic nitrogens is 3. The summed E-state index contributed by atoms with van der Waals surface area (Å²) in [4.78, 5) is 46.9. The molecule has 2 aliphatic rings. The van der Waals surface area contributed by atoms with Crippen LogP contribution in [0.5, 0.6) is 0 Å². The normalized spacial score (nSPS) is 17.2. The zero-order chi connectivity index (χ0) is 21.1. The van der Waals surface area contributed by atoms with Gasteiger partial charge in [-0.1, -0.05) is 6.07 Å². The quantitative estimate of drug-likeness (QED) is 0.629. The zero-order valence-corrected chi connectivity index (χ0v) is 16.9. The summed E-state index contributed by atoms with van der Waals surface area (Å²) >= 11 is 0. The summed E-state index contributed by atoms with van der Waals surface area (Å²) in [6, 6.07) is 5.50. The molecule has 0 spiro atoms. The number of morpholine rings is 1. The van der Waals surface area contributed by atoms with E-state index < -0.39 is 11.8 Å². The molecule has 3 amide bonds. The highest BCUT2D eigenvalue weighted by atomic mass is 16.5. The number of carbonyl (C=O) groups is 3. The number of pyridine rings is 1. The topological polar surface area (TPSA) is 101 Å². The molecule has 2 aromatic rings. The van der Waals surface area contributed by atoms with Crippen molar-refractivity contribution >= 4 is 17.7 Å². The van der Waals surface area contributed by atoms with Crippen molar-refractivity contribution in [1.82, 2.24) is 29.5 Å². The van der Waals surface area contributed by atoms with E-state index in [0.29, 0.717) is 69.6 Å². The third-order valence-corrected chi connectivity index (χ3v) is 5.44. The van der Waals surface area contributed by atoms with Gasteiger partial charge in [-0.2, -0.15) is 5.10 Å². The maximum Gasteiger partial charge on any atom is 0.312 e. The minimum atomic E-state index is -0.511. The summed E-state index contributed by atoms with van der Waals surface area (Å²) in [5.41, 5.74) is 1.21. The van der Waals surface area contributed by atoms with Crippen molar-refractivity contribution in [2.24, 2.45) is 0 Å². The minimum Gasteiger partial charge on any atom is -0.378 e. The predicted octanol–water partition coefficient (Wildman–Crippen LogP) is -0.281.